The Morgan fingerprint density at radius 3 is 2.68 bits per heavy atom. The van der Waals surface area contributed by atoms with Crippen LogP contribution in [-0.2, 0) is 11.2 Å². The zero-order valence-electron chi connectivity index (χ0n) is 12.4. The predicted molar refractivity (Wildman–Crippen MR) is 81.6 cm³/mol. The van der Waals surface area contributed by atoms with Gasteiger partial charge in [0, 0.05) is 18.7 Å². The van der Waals surface area contributed by atoms with Crippen molar-refractivity contribution >= 4 is 11.6 Å². The summed E-state index contributed by atoms with van der Waals surface area (Å²) in [6, 6.07) is 6.15. The van der Waals surface area contributed by atoms with Gasteiger partial charge in [0.15, 0.2) is 0 Å². The number of para-hydroxylation sites is 1. The fourth-order valence-electron chi connectivity index (χ4n) is 2.03. The van der Waals surface area contributed by atoms with E-state index in [4.69, 9.17) is 0 Å². The lowest BCUT2D eigenvalue weighted by atomic mass is 10.1. The molecule has 0 bridgehead atoms. The van der Waals surface area contributed by atoms with E-state index in [1.54, 1.807) is 0 Å². The molecule has 1 rings (SSSR count). The van der Waals surface area contributed by atoms with Gasteiger partial charge in [-0.05, 0) is 37.4 Å². The quantitative estimate of drug-likeness (QED) is 0.706. The molecule has 0 fully saturated rings. The Morgan fingerprint density at radius 2 is 2.00 bits per heavy atom. The third kappa shape index (κ3) is 5.43. The Labute approximate surface area is 116 Å². The summed E-state index contributed by atoms with van der Waals surface area (Å²) in [7, 11) is 0. The Kier molecular flexibility index (Phi) is 7.19. The van der Waals surface area contributed by atoms with E-state index in [0.29, 0.717) is 6.42 Å². The van der Waals surface area contributed by atoms with Crippen molar-refractivity contribution in [2.45, 2.75) is 46.5 Å². The van der Waals surface area contributed by atoms with Gasteiger partial charge in [0.25, 0.3) is 0 Å². The van der Waals surface area contributed by atoms with E-state index >= 15 is 0 Å². The average Bonchev–Trinajstić information content (AvgIpc) is 2.41. The maximum absolute atomic E-state index is 11.9. The topological polar surface area (TPSA) is 41.1 Å². The molecule has 0 aliphatic heterocycles. The summed E-state index contributed by atoms with van der Waals surface area (Å²) in [6.07, 6.45) is 3.81. The van der Waals surface area contributed by atoms with Crippen molar-refractivity contribution < 1.29 is 4.79 Å². The van der Waals surface area contributed by atoms with E-state index in [9.17, 15) is 4.79 Å². The maximum Gasteiger partial charge on any atom is 0.225 e. The van der Waals surface area contributed by atoms with E-state index in [2.05, 4.69) is 30.5 Å². The minimum Gasteiger partial charge on any atom is -0.326 e. The number of nitrogens with one attached hydrogen (secondary N) is 2. The van der Waals surface area contributed by atoms with Crippen molar-refractivity contribution in [1.29, 1.82) is 0 Å². The summed E-state index contributed by atoms with van der Waals surface area (Å²) in [5, 5.41) is 6.33. The van der Waals surface area contributed by atoms with E-state index in [1.165, 1.54) is 18.4 Å². The number of anilines is 1. The monoisotopic (exact) mass is 262 g/mol. The average molecular weight is 262 g/mol. The SMILES string of the molecule is CCCCNCCC(=O)Nc1c(C)cccc1CC. The molecule has 1 aromatic rings. The molecular formula is C16H26N2O. The third-order valence-corrected chi connectivity index (χ3v) is 3.24. The number of rotatable bonds is 8. The minimum absolute atomic E-state index is 0.0907. The van der Waals surface area contributed by atoms with Gasteiger partial charge in [0.05, 0.1) is 0 Å². The van der Waals surface area contributed by atoms with Gasteiger partial charge in [-0.25, -0.2) is 0 Å². The molecule has 0 saturated carbocycles. The second-order valence-corrected chi connectivity index (χ2v) is 4.86. The first-order valence-corrected chi connectivity index (χ1v) is 7.28. The molecule has 0 heterocycles. The zero-order valence-corrected chi connectivity index (χ0v) is 12.4. The summed E-state index contributed by atoms with van der Waals surface area (Å²) in [5.74, 6) is 0.0907. The lowest BCUT2D eigenvalue weighted by Crippen LogP contribution is -2.23. The van der Waals surface area contributed by atoms with Crippen LogP contribution in [0.5, 0.6) is 0 Å². The normalized spacial score (nSPS) is 10.5. The zero-order chi connectivity index (χ0) is 14.1. The Hall–Kier alpha value is -1.35. The van der Waals surface area contributed by atoms with E-state index in [1.807, 2.05) is 19.1 Å². The van der Waals surface area contributed by atoms with Gasteiger partial charge in [-0.2, -0.15) is 0 Å². The van der Waals surface area contributed by atoms with Crippen LogP contribution in [0, 0.1) is 6.92 Å². The fourth-order valence-corrected chi connectivity index (χ4v) is 2.03. The molecular weight excluding hydrogens is 236 g/mol. The van der Waals surface area contributed by atoms with E-state index in [-0.39, 0.29) is 5.91 Å². The summed E-state index contributed by atoms with van der Waals surface area (Å²) >= 11 is 0. The number of benzene rings is 1. The number of carbonyl (C=O) groups is 1. The molecule has 0 spiro atoms. The molecule has 0 aliphatic rings. The highest BCUT2D eigenvalue weighted by atomic mass is 16.1. The molecule has 19 heavy (non-hydrogen) atoms. The first kappa shape index (κ1) is 15.7. The van der Waals surface area contributed by atoms with Crippen molar-refractivity contribution in [2.24, 2.45) is 0 Å². The second kappa shape index (κ2) is 8.70. The largest absolute Gasteiger partial charge is 0.326 e. The molecule has 106 valence electrons. The molecule has 0 aromatic heterocycles. The molecule has 1 aromatic carbocycles. The Bertz CT molecular complexity index is 402. The van der Waals surface area contributed by atoms with Crippen molar-refractivity contribution in [2.75, 3.05) is 18.4 Å². The second-order valence-electron chi connectivity index (χ2n) is 4.86. The summed E-state index contributed by atoms with van der Waals surface area (Å²) in [5.41, 5.74) is 3.32. The molecule has 3 nitrogen and oxygen atoms in total. The number of amides is 1. The molecule has 1 amide bonds. The van der Waals surface area contributed by atoms with Crippen LogP contribution in [0.15, 0.2) is 18.2 Å². The predicted octanol–water partition coefficient (Wildman–Crippen LogP) is 3.28. The minimum atomic E-state index is 0.0907. The summed E-state index contributed by atoms with van der Waals surface area (Å²) in [4.78, 5) is 11.9. The van der Waals surface area contributed by atoms with E-state index < -0.39 is 0 Å². The van der Waals surface area contributed by atoms with Gasteiger partial charge in [0.1, 0.15) is 0 Å². The van der Waals surface area contributed by atoms with Crippen LogP contribution in [-0.4, -0.2) is 19.0 Å². The van der Waals surface area contributed by atoms with Crippen LogP contribution in [0.2, 0.25) is 0 Å². The van der Waals surface area contributed by atoms with Gasteiger partial charge in [-0.3, -0.25) is 4.79 Å². The van der Waals surface area contributed by atoms with Crippen LogP contribution >= 0.6 is 0 Å². The molecule has 0 atom stereocenters. The van der Waals surface area contributed by atoms with Gasteiger partial charge >= 0.3 is 0 Å². The van der Waals surface area contributed by atoms with E-state index in [0.717, 1.165) is 30.8 Å². The van der Waals surface area contributed by atoms with Crippen LogP contribution < -0.4 is 10.6 Å². The number of hydrogen-bond acceptors (Lipinski definition) is 2. The number of aryl methyl sites for hydroxylation is 2. The van der Waals surface area contributed by atoms with Gasteiger partial charge in [0.2, 0.25) is 5.91 Å². The third-order valence-electron chi connectivity index (χ3n) is 3.24. The Morgan fingerprint density at radius 1 is 1.21 bits per heavy atom. The Balaban J connectivity index is 2.44. The first-order valence-electron chi connectivity index (χ1n) is 7.28. The van der Waals surface area contributed by atoms with Gasteiger partial charge in [-0.15, -0.1) is 0 Å². The molecule has 3 heteroatoms. The smallest absolute Gasteiger partial charge is 0.225 e. The van der Waals surface area contributed by atoms with Crippen molar-refractivity contribution in [3.63, 3.8) is 0 Å². The maximum atomic E-state index is 11.9. The highest BCUT2D eigenvalue weighted by molar-refractivity contribution is 5.92. The van der Waals surface area contributed by atoms with Gasteiger partial charge < -0.3 is 10.6 Å². The number of hydrogen-bond donors (Lipinski definition) is 2. The molecule has 0 radical (unpaired) electrons. The van der Waals surface area contributed by atoms with Crippen molar-refractivity contribution in [1.82, 2.24) is 5.32 Å². The highest BCUT2D eigenvalue weighted by Crippen LogP contribution is 2.21. The first-order chi connectivity index (χ1) is 9.19. The molecule has 2 N–H and O–H groups in total. The lowest BCUT2D eigenvalue weighted by Gasteiger charge is -2.13. The van der Waals surface area contributed by atoms with Crippen molar-refractivity contribution in [3.05, 3.63) is 29.3 Å². The van der Waals surface area contributed by atoms with Crippen LogP contribution in [0.4, 0.5) is 5.69 Å². The van der Waals surface area contributed by atoms with Crippen LogP contribution in [0.1, 0.15) is 44.2 Å². The molecule has 0 saturated heterocycles. The van der Waals surface area contributed by atoms with Crippen LogP contribution in [0.25, 0.3) is 0 Å². The highest BCUT2D eigenvalue weighted by Gasteiger charge is 2.07. The number of carbonyl (C=O) groups excluding carboxylic acids is 1. The van der Waals surface area contributed by atoms with Crippen molar-refractivity contribution in [3.8, 4) is 0 Å². The summed E-state index contributed by atoms with van der Waals surface area (Å²) < 4.78 is 0. The standard InChI is InChI=1S/C16H26N2O/c1-4-6-11-17-12-10-15(19)18-16-13(3)8-7-9-14(16)5-2/h7-9,17H,4-6,10-12H2,1-3H3,(H,18,19). The number of unbranched alkanes of at least 4 members (excludes halogenated alkanes) is 1. The van der Waals surface area contributed by atoms with Crippen LogP contribution in [0.3, 0.4) is 0 Å². The molecule has 0 unspecified atom stereocenters. The fraction of sp³-hybridized carbons (Fsp3) is 0.562. The molecule has 0 aliphatic carbocycles. The lowest BCUT2D eigenvalue weighted by molar-refractivity contribution is -0.116. The summed E-state index contributed by atoms with van der Waals surface area (Å²) in [6.45, 7) is 8.05. The van der Waals surface area contributed by atoms with Gasteiger partial charge in [-0.1, -0.05) is 38.5 Å².